The molecule has 0 atom stereocenters. The zero-order chi connectivity index (χ0) is 21.4. The van der Waals surface area contributed by atoms with E-state index in [1.54, 1.807) is 6.07 Å². The minimum atomic E-state index is -0.314. The van der Waals surface area contributed by atoms with Crippen LogP contribution in [0, 0.1) is 0 Å². The molecule has 158 valence electrons. The van der Waals surface area contributed by atoms with E-state index < -0.39 is 0 Å². The molecular formula is C21H26N6O3. The zero-order valence-corrected chi connectivity index (χ0v) is 17.7. The Bertz CT molecular complexity index is 1160. The number of carbonyl (C=O) groups is 1. The Labute approximate surface area is 174 Å². The van der Waals surface area contributed by atoms with Gasteiger partial charge in [-0.1, -0.05) is 13.8 Å². The van der Waals surface area contributed by atoms with Crippen LogP contribution in [0.5, 0.6) is 5.88 Å². The first-order valence-corrected chi connectivity index (χ1v) is 10.3. The maximum atomic E-state index is 12.9. The van der Waals surface area contributed by atoms with Gasteiger partial charge in [-0.3, -0.25) is 14.3 Å². The van der Waals surface area contributed by atoms with Crippen LogP contribution in [-0.2, 0) is 6.42 Å². The number of ketones is 1. The Morgan fingerprint density at radius 3 is 2.70 bits per heavy atom. The molecule has 3 aromatic heterocycles. The normalized spacial score (nSPS) is 14.8. The highest BCUT2D eigenvalue weighted by Gasteiger charge is 2.29. The molecule has 9 nitrogen and oxygen atoms in total. The van der Waals surface area contributed by atoms with Gasteiger partial charge in [0.25, 0.3) is 5.56 Å². The topological polar surface area (TPSA) is 106 Å². The van der Waals surface area contributed by atoms with E-state index in [0.717, 1.165) is 25.2 Å². The fourth-order valence-electron chi connectivity index (χ4n) is 3.75. The largest absolute Gasteiger partial charge is 0.477 e. The second-order valence-corrected chi connectivity index (χ2v) is 7.71. The van der Waals surface area contributed by atoms with Gasteiger partial charge >= 0.3 is 0 Å². The van der Waals surface area contributed by atoms with Gasteiger partial charge in [0.1, 0.15) is 11.3 Å². The molecule has 0 bridgehead atoms. The third kappa shape index (κ3) is 3.49. The molecule has 9 heteroatoms. The summed E-state index contributed by atoms with van der Waals surface area (Å²) in [5.74, 6) is 0.551. The van der Waals surface area contributed by atoms with Gasteiger partial charge in [0, 0.05) is 24.8 Å². The molecule has 1 aliphatic heterocycles. The summed E-state index contributed by atoms with van der Waals surface area (Å²) in [6, 6.07) is 1.91. The molecule has 30 heavy (non-hydrogen) atoms. The van der Waals surface area contributed by atoms with E-state index in [0.29, 0.717) is 46.9 Å². The van der Waals surface area contributed by atoms with Crippen LogP contribution >= 0.6 is 0 Å². The molecule has 1 saturated heterocycles. The summed E-state index contributed by atoms with van der Waals surface area (Å²) in [4.78, 5) is 38.8. The van der Waals surface area contributed by atoms with E-state index in [4.69, 9.17) is 9.72 Å². The minimum Gasteiger partial charge on any atom is -0.477 e. The minimum absolute atomic E-state index is 0.120. The number of pyridine rings is 1. The number of aromatic amines is 1. The van der Waals surface area contributed by atoms with E-state index in [1.807, 2.05) is 18.5 Å². The highest BCUT2D eigenvalue weighted by Crippen LogP contribution is 2.29. The lowest BCUT2D eigenvalue weighted by Crippen LogP contribution is -2.45. The maximum Gasteiger partial charge on any atom is 0.279 e. The van der Waals surface area contributed by atoms with Crippen molar-refractivity contribution in [3.8, 4) is 17.3 Å². The third-order valence-electron chi connectivity index (χ3n) is 5.33. The molecule has 1 N–H and O–H groups in total. The van der Waals surface area contributed by atoms with E-state index in [-0.39, 0.29) is 17.4 Å². The van der Waals surface area contributed by atoms with E-state index in [1.165, 1.54) is 13.1 Å². The number of likely N-dealkylation sites (N-methyl/N-ethyl adjacent to an activating group) is 1. The smallest absolute Gasteiger partial charge is 0.279 e. The molecule has 0 aliphatic carbocycles. The second-order valence-electron chi connectivity index (χ2n) is 7.71. The van der Waals surface area contributed by atoms with Crippen LogP contribution in [0.4, 0.5) is 0 Å². The standard InChI is InChI=1S/C21H26N6O3/c1-5-7-30-21-15(8-13(9-22-21)12(3)28)19-23-17-16(6-2)27(14-10-26(4)11-14)25-18(17)20(29)24-19/h8-9,14H,5-7,10-11H2,1-4H3,(H,23,24,29). The highest BCUT2D eigenvalue weighted by molar-refractivity contribution is 5.95. The molecule has 0 unspecified atom stereocenters. The third-order valence-corrected chi connectivity index (χ3v) is 5.33. The van der Waals surface area contributed by atoms with Crippen molar-refractivity contribution in [3.63, 3.8) is 0 Å². The number of aryl methyl sites for hydroxylation is 1. The van der Waals surface area contributed by atoms with E-state index >= 15 is 0 Å². The van der Waals surface area contributed by atoms with Crippen molar-refractivity contribution in [2.45, 2.75) is 39.7 Å². The van der Waals surface area contributed by atoms with Crippen LogP contribution in [0.3, 0.4) is 0 Å². The number of nitrogens with zero attached hydrogens (tertiary/aromatic N) is 5. The van der Waals surface area contributed by atoms with Crippen LogP contribution < -0.4 is 10.3 Å². The van der Waals surface area contributed by atoms with Gasteiger partial charge < -0.3 is 14.6 Å². The number of fused-ring (bicyclic) bond motifs is 1. The molecule has 0 spiro atoms. The summed E-state index contributed by atoms with van der Waals surface area (Å²) in [5, 5.41) is 4.57. The van der Waals surface area contributed by atoms with Crippen molar-refractivity contribution in [2.75, 3.05) is 26.7 Å². The first-order valence-electron chi connectivity index (χ1n) is 10.3. The Morgan fingerprint density at radius 1 is 1.30 bits per heavy atom. The van der Waals surface area contributed by atoms with E-state index in [9.17, 15) is 9.59 Å². The number of hydrogen-bond donors (Lipinski definition) is 1. The number of hydrogen-bond acceptors (Lipinski definition) is 7. The number of ether oxygens (including phenoxy) is 1. The summed E-state index contributed by atoms with van der Waals surface area (Å²) >= 11 is 0. The Kier molecular flexibility index (Phi) is 5.38. The zero-order valence-electron chi connectivity index (χ0n) is 17.7. The summed E-state index contributed by atoms with van der Waals surface area (Å²) in [6.07, 6.45) is 2.99. The van der Waals surface area contributed by atoms with Crippen LogP contribution in [0.2, 0.25) is 0 Å². The molecule has 0 saturated carbocycles. The summed E-state index contributed by atoms with van der Waals surface area (Å²) in [7, 11) is 2.06. The Balaban J connectivity index is 1.88. The predicted molar refractivity (Wildman–Crippen MR) is 113 cm³/mol. The van der Waals surface area contributed by atoms with Crippen molar-refractivity contribution >= 4 is 16.8 Å². The van der Waals surface area contributed by atoms with Gasteiger partial charge in [-0.15, -0.1) is 0 Å². The summed E-state index contributed by atoms with van der Waals surface area (Å²) in [5.41, 5.74) is 2.46. The van der Waals surface area contributed by atoms with Gasteiger partial charge in [0.15, 0.2) is 11.3 Å². The maximum absolute atomic E-state index is 12.9. The molecule has 0 radical (unpaired) electrons. The molecule has 1 aliphatic rings. The Morgan fingerprint density at radius 2 is 2.07 bits per heavy atom. The lowest BCUT2D eigenvalue weighted by Gasteiger charge is -2.36. The fraction of sp³-hybridized carbons (Fsp3) is 0.476. The van der Waals surface area contributed by atoms with Crippen molar-refractivity contribution < 1.29 is 9.53 Å². The number of H-pyrrole nitrogens is 1. The highest BCUT2D eigenvalue weighted by atomic mass is 16.5. The summed E-state index contributed by atoms with van der Waals surface area (Å²) in [6.45, 7) is 7.76. The molecule has 4 heterocycles. The van der Waals surface area contributed by atoms with Gasteiger partial charge in [0.2, 0.25) is 5.88 Å². The number of nitrogens with one attached hydrogen (secondary N) is 1. The van der Waals surface area contributed by atoms with Gasteiger partial charge in [-0.2, -0.15) is 5.10 Å². The van der Waals surface area contributed by atoms with E-state index in [2.05, 4.69) is 27.0 Å². The predicted octanol–water partition coefficient (Wildman–Crippen LogP) is 2.22. The van der Waals surface area contributed by atoms with Gasteiger partial charge in [0.05, 0.1) is 23.9 Å². The molecule has 4 rings (SSSR count). The molecule has 0 aromatic carbocycles. The second kappa shape index (κ2) is 7.98. The average molecular weight is 410 g/mol. The molecule has 3 aromatic rings. The SMILES string of the molecule is CCCOc1ncc(C(C)=O)cc1-c1nc2c(CC)n(C3CN(C)C3)nc2c(=O)[nH]1. The molecular weight excluding hydrogens is 384 g/mol. The number of aromatic nitrogens is 5. The van der Waals surface area contributed by atoms with Gasteiger partial charge in [-0.05, 0) is 32.9 Å². The lowest BCUT2D eigenvalue weighted by atomic mass is 10.1. The number of carbonyl (C=O) groups excluding carboxylic acids is 1. The van der Waals surface area contributed by atoms with Gasteiger partial charge in [-0.25, -0.2) is 9.97 Å². The first kappa shape index (κ1) is 20.2. The quantitative estimate of drug-likeness (QED) is 0.595. The van der Waals surface area contributed by atoms with Crippen molar-refractivity contribution in [3.05, 3.63) is 33.9 Å². The number of rotatable bonds is 7. The monoisotopic (exact) mass is 410 g/mol. The lowest BCUT2D eigenvalue weighted by molar-refractivity contribution is 0.101. The fourth-order valence-corrected chi connectivity index (χ4v) is 3.75. The summed E-state index contributed by atoms with van der Waals surface area (Å²) < 4.78 is 7.69. The van der Waals surface area contributed by atoms with Crippen molar-refractivity contribution in [2.24, 2.45) is 0 Å². The number of Topliss-reactive ketones (excluding diaryl/α,β-unsaturated/α-hetero) is 1. The van der Waals surface area contributed by atoms with Crippen molar-refractivity contribution in [1.29, 1.82) is 0 Å². The molecule has 0 amide bonds. The number of likely N-dealkylation sites (tertiary alicyclic amines) is 1. The van der Waals surface area contributed by atoms with Crippen LogP contribution in [0.1, 0.15) is 49.3 Å². The average Bonchev–Trinajstić information content (AvgIpc) is 3.08. The van der Waals surface area contributed by atoms with Crippen LogP contribution in [-0.4, -0.2) is 62.2 Å². The van der Waals surface area contributed by atoms with Crippen LogP contribution in [0.25, 0.3) is 22.4 Å². The first-order chi connectivity index (χ1) is 14.4. The molecule has 1 fully saturated rings. The van der Waals surface area contributed by atoms with Crippen LogP contribution in [0.15, 0.2) is 17.1 Å². The van der Waals surface area contributed by atoms with Crippen molar-refractivity contribution in [1.82, 2.24) is 29.6 Å². The Hall–Kier alpha value is -3.07.